The van der Waals surface area contributed by atoms with Crippen molar-refractivity contribution in [1.82, 2.24) is 0 Å². The van der Waals surface area contributed by atoms with Crippen LogP contribution in [-0.2, 0) is 28.5 Å². The van der Waals surface area contributed by atoms with Crippen LogP contribution in [0.4, 0.5) is 0 Å². The minimum atomic E-state index is -0.467. The molecule has 0 heterocycles. The number of hydrogen-bond acceptors (Lipinski definition) is 6. The smallest absolute Gasteiger partial charge is 0.314 e. The third-order valence-corrected chi connectivity index (χ3v) is 12.6. The third kappa shape index (κ3) is 5.50. The summed E-state index contributed by atoms with van der Waals surface area (Å²) in [6, 6.07) is 0. The summed E-state index contributed by atoms with van der Waals surface area (Å²) in [4.78, 5) is 26.4. The van der Waals surface area contributed by atoms with Gasteiger partial charge in [-0.05, 0) is 164 Å². The molecule has 9 aliphatic rings. The molecule has 2 unspecified atom stereocenters. The lowest BCUT2D eigenvalue weighted by Crippen LogP contribution is -2.51. The first-order valence-electron chi connectivity index (χ1n) is 16.9. The summed E-state index contributed by atoms with van der Waals surface area (Å²) < 4.78 is 23.9. The van der Waals surface area contributed by atoms with Crippen molar-refractivity contribution >= 4 is 11.9 Å². The fraction of sp³-hybridized carbons (Fsp3) is 0.941. The molecule has 8 bridgehead atoms. The van der Waals surface area contributed by atoms with Crippen molar-refractivity contribution < 1.29 is 28.5 Å². The molecule has 224 valence electrons. The molecule has 0 aliphatic heterocycles. The van der Waals surface area contributed by atoms with Gasteiger partial charge in [-0.15, -0.1) is 0 Å². The molecule has 9 aliphatic carbocycles. The van der Waals surface area contributed by atoms with E-state index in [9.17, 15) is 9.59 Å². The van der Waals surface area contributed by atoms with Gasteiger partial charge >= 0.3 is 11.9 Å². The van der Waals surface area contributed by atoms with Gasteiger partial charge < -0.3 is 18.9 Å². The second-order valence-corrected chi connectivity index (χ2v) is 15.9. The van der Waals surface area contributed by atoms with Crippen molar-refractivity contribution in [1.29, 1.82) is 0 Å². The Hall–Kier alpha value is -1.14. The lowest BCUT2D eigenvalue weighted by molar-refractivity contribution is -0.203. The normalized spacial score (nSPS) is 46.2. The molecule has 9 saturated carbocycles. The second kappa shape index (κ2) is 10.8. The van der Waals surface area contributed by atoms with E-state index in [1.165, 1.54) is 38.5 Å². The van der Waals surface area contributed by atoms with E-state index in [4.69, 9.17) is 18.9 Å². The molecule has 9 fully saturated rings. The Balaban J connectivity index is 0.792. The molecule has 2 atom stereocenters. The largest absolute Gasteiger partial charge is 0.436 e. The molecule has 0 saturated heterocycles. The molecule has 0 spiro atoms. The Kier molecular flexibility index (Phi) is 7.51. The van der Waals surface area contributed by atoms with Crippen LogP contribution in [0.1, 0.15) is 117 Å². The predicted octanol–water partition coefficient (Wildman–Crippen LogP) is 7.04. The summed E-state index contributed by atoms with van der Waals surface area (Å²) in [5, 5.41) is 0. The van der Waals surface area contributed by atoms with Gasteiger partial charge in [-0.25, -0.2) is 0 Å². The van der Waals surface area contributed by atoms with Crippen molar-refractivity contribution in [3.8, 4) is 0 Å². The summed E-state index contributed by atoms with van der Waals surface area (Å²) in [5.74, 6) is 5.48. The summed E-state index contributed by atoms with van der Waals surface area (Å²) in [5.41, 5.74) is -0.434. The molecule has 0 N–H and O–H groups in total. The zero-order valence-corrected chi connectivity index (χ0v) is 25.0. The highest BCUT2D eigenvalue weighted by Gasteiger charge is 2.57. The number of carbonyl (C=O) groups excluding carboxylic acids is 2. The maximum atomic E-state index is 13.2. The Bertz CT molecular complexity index is 804. The monoisotopic (exact) mass is 556 g/mol. The molecule has 0 aromatic rings. The van der Waals surface area contributed by atoms with Gasteiger partial charge in [0, 0.05) is 0 Å². The SMILES string of the molecule is CC(OCC1CCC(COC(C)OC(=O)C23CC4CC(CC(C4)C2)C3)CC1)OC(=O)C12CC3CC(CC(C3)C1)C2. The first-order valence-corrected chi connectivity index (χ1v) is 16.9. The van der Waals surface area contributed by atoms with Gasteiger partial charge in [0.15, 0.2) is 12.6 Å². The summed E-state index contributed by atoms with van der Waals surface area (Å²) in [6.07, 6.45) is 17.7. The first kappa shape index (κ1) is 27.7. The van der Waals surface area contributed by atoms with Crippen molar-refractivity contribution in [2.45, 2.75) is 129 Å². The van der Waals surface area contributed by atoms with Gasteiger partial charge in [-0.2, -0.15) is 0 Å². The standard InChI is InChI=1S/C34H52O6/c1-21(39-31(35)33-13-25-7-26(14-33)9-27(8-25)15-33)37-19-23-3-5-24(6-4-23)20-38-22(2)40-32(36)34-16-28-10-29(17-34)12-30(11-28)18-34/h21-30H,3-20H2,1-2H3. The molecule has 6 nitrogen and oxygen atoms in total. The lowest BCUT2D eigenvalue weighted by Gasteiger charge is -2.55. The van der Waals surface area contributed by atoms with Gasteiger partial charge in [0.2, 0.25) is 0 Å². The molecule has 6 heteroatoms. The molecule has 0 amide bonds. The quantitative estimate of drug-likeness (QED) is 0.212. The minimum absolute atomic E-state index is 0.0120. The predicted molar refractivity (Wildman–Crippen MR) is 150 cm³/mol. The van der Waals surface area contributed by atoms with E-state index in [1.54, 1.807) is 0 Å². The van der Waals surface area contributed by atoms with Crippen LogP contribution < -0.4 is 0 Å². The maximum Gasteiger partial charge on any atom is 0.314 e. The number of ether oxygens (including phenoxy) is 4. The van der Waals surface area contributed by atoms with E-state index in [0.717, 1.165) is 99.7 Å². The molecule has 0 aromatic heterocycles. The van der Waals surface area contributed by atoms with E-state index >= 15 is 0 Å². The number of carbonyl (C=O) groups is 2. The molecule has 0 radical (unpaired) electrons. The van der Waals surface area contributed by atoms with Crippen molar-refractivity contribution in [2.75, 3.05) is 13.2 Å². The summed E-state index contributed by atoms with van der Waals surface area (Å²) in [7, 11) is 0. The van der Waals surface area contributed by atoms with E-state index in [0.29, 0.717) is 25.0 Å². The van der Waals surface area contributed by atoms with Crippen LogP contribution in [0.3, 0.4) is 0 Å². The highest BCUT2D eigenvalue weighted by atomic mass is 16.7. The minimum Gasteiger partial charge on any atom is -0.436 e. The molecule has 9 rings (SSSR count). The average Bonchev–Trinajstić information content (AvgIpc) is 2.90. The number of esters is 2. The van der Waals surface area contributed by atoms with Gasteiger partial charge in [0.05, 0.1) is 24.0 Å². The molecular weight excluding hydrogens is 504 g/mol. The summed E-state index contributed by atoms with van der Waals surface area (Å²) >= 11 is 0. The van der Waals surface area contributed by atoms with E-state index in [2.05, 4.69) is 0 Å². The van der Waals surface area contributed by atoms with Crippen LogP contribution in [0.2, 0.25) is 0 Å². The van der Waals surface area contributed by atoms with Crippen molar-refractivity contribution in [3.63, 3.8) is 0 Å². The fourth-order valence-corrected chi connectivity index (χ4v) is 11.4. The van der Waals surface area contributed by atoms with Crippen molar-refractivity contribution in [2.24, 2.45) is 58.2 Å². The Morgan fingerprint density at radius 2 is 0.825 bits per heavy atom. The van der Waals surface area contributed by atoms with Crippen LogP contribution in [0.5, 0.6) is 0 Å². The van der Waals surface area contributed by atoms with Crippen LogP contribution in [0.15, 0.2) is 0 Å². The molecule has 0 aromatic carbocycles. The van der Waals surface area contributed by atoms with Crippen LogP contribution in [0.25, 0.3) is 0 Å². The Labute approximate surface area is 241 Å². The van der Waals surface area contributed by atoms with Crippen LogP contribution in [0, 0.1) is 58.2 Å². The van der Waals surface area contributed by atoms with Gasteiger partial charge in [0.1, 0.15) is 0 Å². The zero-order valence-electron chi connectivity index (χ0n) is 25.0. The van der Waals surface area contributed by atoms with E-state index in [-0.39, 0.29) is 22.8 Å². The zero-order chi connectivity index (χ0) is 27.5. The van der Waals surface area contributed by atoms with Gasteiger partial charge in [0.25, 0.3) is 0 Å². The van der Waals surface area contributed by atoms with E-state index in [1.807, 2.05) is 13.8 Å². The highest BCUT2D eigenvalue weighted by molar-refractivity contribution is 5.78. The first-order chi connectivity index (χ1) is 19.3. The highest BCUT2D eigenvalue weighted by Crippen LogP contribution is 2.61. The van der Waals surface area contributed by atoms with Crippen LogP contribution >= 0.6 is 0 Å². The third-order valence-electron chi connectivity index (χ3n) is 12.6. The van der Waals surface area contributed by atoms with Gasteiger partial charge in [-0.3, -0.25) is 9.59 Å². The molecule has 40 heavy (non-hydrogen) atoms. The second-order valence-electron chi connectivity index (χ2n) is 15.9. The summed E-state index contributed by atoms with van der Waals surface area (Å²) in [6.45, 7) is 5.10. The lowest BCUT2D eigenvalue weighted by atomic mass is 9.49. The van der Waals surface area contributed by atoms with Gasteiger partial charge in [-0.1, -0.05) is 0 Å². The maximum absolute atomic E-state index is 13.2. The fourth-order valence-electron chi connectivity index (χ4n) is 11.4. The topological polar surface area (TPSA) is 71.1 Å². The van der Waals surface area contributed by atoms with E-state index < -0.39 is 12.6 Å². The van der Waals surface area contributed by atoms with Crippen LogP contribution in [-0.4, -0.2) is 37.7 Å². The average molecular weight is 557 g/mol. The number of hydrogen-bond donors (Lipinski definition) is 0. The Morgan fingerprint density at radius 3 is 1.10 bits per heavy atom. The number of rotatable bonds is 10. The molecular formula is C34H52O6. The van der Waals surface area contributed by atoms with Crippen molar-refractivity contribution in [3.05, 3.63) is 0 Å². The Morgan fingerprint density at radius 1 is 0.550 bits per heavy atom.